The monoisotopic (exact) mass is 723 g/mol. The van der Waals surface area contributed by atoms with Crippen LogP contribution in [0.4, 0.5) is 37.7 Å². The van der Waals surface area contributed by atoms with Crippen LogP contribution in [0, 0.1) is 0 Å². The number of amides is 2. The van der Waals surface area contributed by atoms with E-state index in [9.17, 15) is 35.9 Å². The van der Waals surface area contributed by atoms with Crippen molar-refractivity contribution in [2.45, 2.75) is 52.1 Å². The zero-order chi connectivity index (χ0) is 38.4. The maximum Gasteiger partial charge on any atom is 0.490 e. The third kappa shape index (κ3) is 12.6. The van der Waals surface area contributed by atoms with E-state index < -0.39 is 48.8 Å². The minimum Gasteiger partial charge on any atom is -0.490 e. The van der Waals surface area contributed by atoms with Gasteiger partial charge in [0.1, 0.15) is 6.04 Å². The minimum absolute atomic E-state index is 0.226. The van der Waals surface area contributed by atoms with Gasteiger partial charge in [-0.15, -0.1) is 0 Å². The predicted molar refractivity (Wildman–Crippen MR) is 166 cm³/mol. The van der Waals surface area contributed by atoms with Gasteiger partial charge in [0.25, 0.3) is 5.91 Å². The summed E-state index contributed by atoms with van der Waals surface area (Å²) in [6.07, 6.45) is -8.08. The van der Waals surface area contributed by atoms with Crippen LogP contribution in [-0.2, 0) is 27.3 Å². The molecule has 1 aromatic heterocycles. The van der Waals surface area contributed by atoms with Crippen LogP contribution >= 0.6 is 0 Å². The molecule has 0 saturated heterocycles. The molecule has 2 amide bonds. The van der Waals surface area contributed by atoms with Gasteiger partial charge >= 0.3 is 24.3 Å². The number of aromatic nitrogens is 1. The molecule has 1 heterocycles. The molecule has 276 valence electrons. The van der Waals surface area contributed by atoms with Crippen molar-refractivity contribution < 1.29 is 70.3 Å². The Morgan fingerprint density at radius 1 is 0.920 bits per heavy atom. The number of nitrogens with two attached hydrogens (primary N) is 2. The lowest BCUT2D eigenvalue weighted by Gasteiger charge is -2.20. The number of pyridine rings is 1. The number of alkyl halides is 6. The van der Waals surface area contributed by atoms with Gasteiger partial charge in [0.05, 0.1) is 36.6 Å². The number of nitrogens with one attached hydrogen (secondary N) is 2. The van der Waals surface area contributed by atoms with Crippen molar-refractivity contribution in [2.75, 3.05) is 25.1 Å². The second-order valence-electron chi connectivity index (χ2n) is 9.63. The third-order valence-electron chi connectivity index (χ3n) is 6.16. The van der Waals surface area contributed by atoms with E-state index in [1.807, 2.05) is 39.0 Å². The largest absolute Gasteiger partial charge is 0.490 e. The number of anilines is 2. The second-order valence-corrected chi connectivity index (χ2v) is 9.63. The number of carbonyl (C=O) groups excluding carboxylic acids is 2. The molecule has 20 heteroatoms. The standard InChI is InChI=1S/C26H33N5O5.2C2HF3O2/c1-4-16-15(12-30-26(34)19(27)14-32)8-7-9-20(16)31-24-17-10-22(35-5-2)23(36-6-3)11-21(17)29-13-18(24)25(28)33;2*3-2(4,5)1(6)7/h7-11,13,19,32H,4-6,12,14,27H2,1-3H3,(H2,28,33)(H,29,31)(H,30,34);2*(H,6,7)/t19-;;/m1../s1. The molecule has 9 N–H and O–H groups in total. The summed E-state index contributed by atoms with van der Waals surface area (Å²) >= 11 is 0. The summed E-state index contributed by atoms with van der Waals surface area (Å²) in [6.45, 7) is 6.45. The number of carboxylic acids is 2. The van der Waals surface area contributed by atoms with Gasteiger partial charge in [-0.05, 0) is 43.5 Å². The lowest BCUT2D eigenvalue weighted by molar-refractivity contribution is -0.193. The molecular formula is C30H35F6N5O9. The zero-order valence-electron chi connectivity index (χ0n) is 26.7. The first-order chi connectivity index (χ1) is 23.2. The second kappa shape index (κ2) is 19.0. The van der Waals surface area contributed by atoms with Gasteiger partial charge in [-0.3, -0.25) is 14.6 Å². The Kier molecular flexibility index (Phi) is 16.2. The Labute approximate surface area is 280 Å². The number of fused-ring (bicyclic) bond motifs is 1. The molecular weight excluding hydrogens is 688 g/mol. The molecule has 3 rings (SSSR count). The molecule has 0 saturated carbocycles. The van der Waals surface area contributed by atoms with Crippen molar-refractivity contribution in [3.8, 4) is 11.5 Å². The first-order valence-electron chi connectivity index (χ1n) is 14.4. The van der Waals surface area contributed by atoms with Crippen LogP contribution in [0.25, 0.3) is 10.9 Å². The fraction of sp³-hybridized carbons (Fsp3) is 0.367. The smallest absolute Gasteiger partial charge is 0.490 e. The number of aliphatic hydroxyl groups excluding tert-OH is 1. The van der Waals surface area contributed by atoms with Gasteiger partial charge in [-0.2, -0.15) is 26.3 Å². The number of aliphatic hydroxyl groups is 1. The normalized spacial score (nSPS) is 11.6. The average Bonchev–Trinajstić information content (AvgIpc) is 3.03. The van der Waals surface area contributed by atoms with Crippen molar-refractivity contribution in [3.63, 3.8) is 0 Å². The zero-order valence-corrected chi connectivity index (χ0v) is 26.7. The number of nitrogens with zero attached hydrogens (tertiary/aromatic N) is 1. The van der Waals surface area contributed by atoms with Crippen molar-refractivity contribution in [3.05, 3.63) is 53.2 Å². The molecule has 0 aliphatic carbocycles. The van der Waals surface area contributed by atoms with Gasteiger partial charge < -0.3 is 46.9 Å². The van der Waals surface area contributed by atoms with Crippen LogP contribution in [0.2, 0.25) is 0 Å². The molecule has 0 aliphatic heterocycles. The summed E-state index contributed by atoms with van der Waals surface area (Å²) in [4.78, 5) is 46.6. The summed E-state index contributed by atoms with van der Waals surface area (Å²) in [5.74, 6) is -5.49. The topological polar surface area (TPSA) is 236 Å². The first kappa shape index (κ1) is 42.7. The molecule has 0 bridgehead atoms. The summed E-state index contributed by atoms with van der Waals surface area (Å²) in [6, 6.07) is 8.21. The van der Waals surface area contributed by atoms with Gasteiger partial charge in [0, 0.05) is 29.9 Å². The van der Waals surface area contributed by atoms with Crippen molar-refractivity contribution in [2.24, 2.45) is 11.5 Å². The molecule has 3 aromatic rings. The van der Waals surface area contributed by atoms with Crippen LogP contribution in [0.5, 0.6) is 11.5 Å². The number of rotatable bonds is 12. The van der Waals surface area contributed by atoms with E-state index >= 15 is 0 Å². The Balaban J connectivity index is 0.000000748. The molecule has 0 aliphatic rings. The molecule has 0 fully saturated rings. The molecule has 50 heavy (non-hydrogen) atoms. The number of primary amides is 1. The number of halogens is 6. The number of carbonyl (C=O) groups is 4. The molecule has 0 radical (unpaired) electrons. The van der Waals surface area contributed by atoms with Crippen LogP contribution in [0.1, 0.15) is 42.3 Å². The van der Waals surface area contributed by atoms with E-state index in [0.717, 1.165) is 16.8 Å². The SMILES string of the molecule is CCOc1cc2ncc(C(N)=O)c(Nc3cccc(CNC(=O)[C@H](N)CO)c3CC)c2cc1OCC.O=C(O)C(F)(F)F.O=C(O)C(F)(F)F. The summed E-state index contributed by atoms with van der Waals surface area (Å²) in [5.41, 5.74) is 15.2. The maximum atomic E-state index is 12.3. The number of ether oxygens (including phenoxy) is 2. The fourth-order valence-corrected chi connectivity index (χ4v) is 3.92. The predicted octanol–water partition coefficient (Wildman–Crippen LogP) is 3.64. The van der Waals surface area contributed by atoms with E-state index in [1.54, 1.807) is 12.1 Å². The summed E-state index contributed by atoms with van der Waals surface area (Å²) < 4.78 is 75.0. The molecule has 14 nitrogen and oxygen atoms in total. The fourth-order valence-electron chi connectivity index (χ4n) is 3.92. The number of carboxylic acid groups (broad SMARTS) is 2. The Morgan fingerprint density at radius 2 is 1.44 bits per heavy atom. The van der Waals surface area contributed by atoms with Crippen molar-refractivity contribution in [1.29, 1.82) is 0 Å². The Morgan fingerprint density at radius 3 is 1.88 bits per heavy atom. The highest BCUT2D eigenvalue weighted by molar-refractivity contribution is 6.08. The van der Waals surface area contributed by atoms with E-state index in [1.165, 1.54) is 6.20 Å². The highest BCUT2D eigenvalue weighted by atomic mass is 19.4. The highest BCUT2D eigenvalue weighted by Crippen LogP contribution is 2.38. The number of benzene rings is 2. The maximum absolute atomic E-state index is 12.3. The third-order valence-corrected chi connectivity index (χ3v) is 6.16. The summed E-state index contributed by atoms with van der Waals surface area (Å²) in [7, 11) is 0. The van der Waals surface area contributed by atoms with Gasteiger partial charge in [-0.25, -0.2) is 9.59 Å². The summed E-state index contributed by atoms with van der Waals surface area (Å²) in [5, 5.41) is 30.1. The quantitative estimate of drug-likeness (QED) is 0.133. The average molecular weight is 724 g/mol. The molecule has 2 aromatic carbocycles. The lowest BCUT2D eigenvalue weighted by atomic mass is 10.0. The van der Waals surface area contributed by atoms with Crippen LogP contribution in [-0.4, -0.2) is 82.3 Å². The van der Waals surface area contributed by atoms with Crippen LogP contribution in [0.3, 0.4) is 0 Å². The van der Waals surface area contributed by atoms with Gasteiger partial charge in [0.2, 0.25) is 5.91 Å². The van der Waals surface area contributed by atoms with E-state index in [2.05, 4.69) is 15.6 Å². The van der Waals surface area contributed by atoms with E-state index in [-0.39, 0.29) is 12.1 Å². The Bertz CT molecular complexity index is 1630. The van der Waals surface area contributed by atoms with E-state index in [4.69, 9.17) is 45.8 Å². The number of aliphatic carboxylic acids is 2. The highest BCUT2D eigenvalue weighted by Gasteiger charge is 2.38. The lowest BCUT2D eigenvalue weighted by Crippen LogP contribution is -2.42. The van der Waals surface area contributed by atoms with Crippen LogP contribution in [0.15, 0.2) is 36.5 Å². The van der Waals surface area contributed by atoms with Gasteiger partial charge in [-0.1, -0.05) is 19.1 Å². The molecule has 1 atom stereocenters. The Hall–Kier alpha value is -5.37. The van der Waals surface area contributed by atoms with E-state index in [0.29, 0.717) is 47.7 Å². The van der Waals surface area contributed by atoms with Crippen LogP contribution < -0.4 is 31.6 Å². The number of hydrogen-bond acceptors (Lipinski definition) is 10. The van der Waals surface area contributed by atoms with Crippen molar-refractivity contribution in [1.82, 2.24) is 10.3 Å². The first-order valence-corrected chi connectivity index (χ1v) is 14.4. The molecule has 0 spiro atoms. The van der Waals surface area contributed by atoms with Gasteiger partial charge in [0.15, 0.2) is 11.5 Å². The number of hydrogen-bond donors (Lipinski definition) is 7. The minimum atomic E-state index is -5.08. The molecule has 0 unspecified atom stereocenters. The van der Waals surface area contributed by atoms with Crippen molar-refractivity contribution >= 4 is 46.0 Å².